The van der Waals surface area contributed by atoms with Gasteiger partial charge in [0, 0.05) is 6.54 Å². The fourth-order valence-electron chi connectivity index (χ4n) is 0.742. The highest BCUT2D eigenvalue weighted by molar-refractivity contribution is 4.90. The maximum Gasteiger partial charge on any atom is 0.0190 e. The van der Waals surface area contributed by atoms with Gasteiger partial charge in [-0.1, -0.05) is 32.9 Å². The molecule has 0 amide bonds. The lowest BCUT2D eigenvalue weighted by Gasteiger charge is -2.11. The number of allylic oxidation sites excluding steroid dienone is 2. The van der Waals surface area contributed by atoms with Crippen LogP contribution in [-0.4, -0.2) is 18.0 Å². The number of hydrogen-bond donors (Lipinski definition) is 1. The van der Waals surface area contributed by atoms with Crippen LogP contribution in [0.3, 0.4) is 0 Å². The molecule has 0 fully saturated rings. The normalized spacial score (nSPS) is 10.4. The van der Waals surface area contributed by atoms with Crippen molar-refractivity contribution in [3.63, 3.8) is 0 Å². The van der Waals surface area contributed by atoms with E-state index in [2.05, 4.69) is 50.2 Å². The summed E-state index contributed by atoms with van der Waals surface area (Å²) in [5.41, 5.74) is 4.85. The van der Waals surface area contributed by atoms with E-state index in [4.69, 9.17) is 5.73 Å². The van der Waals surface area contributed by atoms with Crippen LogP contribution in [0.2, 0.25) is 0 Å². The molecule has 14 heavy (non-hydrogen) atoms. The van der Waals surface area contributed by atoms with Crippen LogP contribution >= 0.6 is 0 Å². The van der Waals surface area contributed by atoms with E-state index in [0.717, 1.165) is 25.9 Å². The van der Waals surface area contributed by atoms with E-state index in [9.17, 15) is 0 Å². The van der Waals surface area contributed by atoms with Gasteiger partial charge >= 0.3 is 0 Å². The predicted octanol–water partition coefficient (Wildman–Crippen LogP) is 3.12. The van der Waals surface area contributed by atoms with Gasteiger partial charge in [-0.2, -0.15) is 0 Å². The van der Waals surface area contributed by atoms with Crippen molar-refractivity contribution in [3.8, 4) is 0 Å². The summed E-state index contributed by atoms with van der Waals surface area (Å²) in [5.74, 6) is 0. The van der Waals surface area contributed by atoms with E-state index in [1.54, 1.807) is 0 Å². The monoisotopic (exact) mass is 198 g/mol. The first-order valence-electron chi connectivity index (χ1n) is 5.55. The molecule has 0 unspecified atom stereocenters. The Balaban J connectivity index is 0. The number of rotatable bonds is 5. The molecule has 0 aromatic rings. The molecule has 2 heteroatoms. The maximum absolute atomic E-state index is 4.85. The highest BCUT2D eigenvalue weighted by Gasteiger charge is 1.84. The van der Waals surface area contributed by atoms with Crippen LogP contribution in [0.15, 0.2) is 24.6 Å². The van der Waals surface area contributed by atoms with E-state index in [1.807, 2.05) is 6.92 Å². The van der Waals surface area contributed by atoms with Gasteiger partial charge in [-0.15, -0.1) is 0 Å². The van der Waals surface area contributed by atoms with Crippen LogP contribution in [0.4, 0.5) is 0 Å². The van der Waals surface area contributed by atoms with E-state index in [1.165, 1.54) is 0 Å². The zero-order chi connectivity index (χ0) is 11.2. The topological polar surface area (TPSA) is 29.3 Å². The third-order valence-corrected chi connectivity index (χ3v) is 1.43. The minimum Gasteiger partial charge on any atom is -0.355 e. The summed E-state index contributed by atoms with van der Waals surface area (Å²) in [7, 11) is 0. The first-order valence-corrected chi connectivity index (χ1v) is 5.55. The van der Waals surface area contributed by atoms with Crippen molar-refractivity contribution in [1.82, 2.24) is 4.90 Å². The SMILES string of the molecule is CCC=CN(C=CCC)CC.CCN. The third-order valence-electron chi connectivity index (χ3n) is 1.43. The molecule has 0 saturated carbocycles. The van der Waals surface area contributed by atoms with Gasteiger partial charge in [-0.05, 0) is 38.7 Å². The Hall–Kier alpha value is -0.760. The van der Waals surface area contributed by atoms with Crippen LogP contribution in [0.25, 0.3) is 0 Å². The highest BCUT2D eigenvalue weighted by atomic mass is 15.1. The lowest BCUT2D eigenvalue weighted by Crippen LogP contribution is -2.07. The molecule has 0 aromatic heterocycles. The highest BCUT2D eigenvalue weighted by Crippen LogP contribution is 1.93. The molecule has 0 aromatic carbocycles. The second-order valence-electron chi connectivity index (χ2n) is 2.82. The quantitative estimate of drug-likeness (QED) is 0.735. The number of nitrogens with zero attached hydrogens (tertiary/aromatic N) is 1. The summed E-state index contributed by atoms with van der Waals surface area (Å²) in [4.78, 5) is 2.19. The summed E-state index contributed by atoms with van der Waals surface area (Å²) < 4.78 is 0. The number of hydrogen-bond acceptors (Lipinski definition) is 2. The molecule has 2 N–H and O–H groups in total. The van der Waals surface area contributed by atoms with Crippen molar-refractivity contribution in [2.45, 2.75) is 40.5 Å². The minimum absolute atomic E-state index is 0.750. The fourth-order valence-corrected chi connectivity index (χ4v) is 0.742. The summed E-state index contributed by atoms with van der Waals surface area (Å²) in [5, 5.41) is 0. The first kappa shape index (κ1) is 15.7. The second-order valence-corrected chi connectivity index (χ2v) is 2.82. The molecule has 2 nitrogen and oxygen atoms in total. The van der Waals surface area contributed by atoms with Crippen LogP contribution in [0.1, 0.15) is 40.5 Å². The lowest BCUT2D eigenvalue weighted by molar-refractivity contribution is 0.533. The summed E-state index contributed by atoms with van der Waals surface area (Å²) >= 11 is 0. The smallest absolute Gasteiger partial charge is 0.0190 e. The Morgan fingerprint density at radius 2 is 1.29 bits per heavy atom. The maximum atomic E-state index is 4.85. The van der Waals surface area contributed by atoms with Crippen molar-refractivity contribution < 1.29 is 0 Å². The molecule has 0 radical (unpaired) electrons. The predicted molar refractivity (Wildman–Crippen MR) is 66.0 cm³/mol. The average Bonchev–Trinajstić information content (AvgIpc) is 2.20. The Kier molecular flexibility index (Phi) is 16.5. The Morgan fingerprint density at radius 1 is 0.929 bits per heavy atom. The van der Waals surface area contributed by atoms with E-state index >= 15 is 0 Å². The second kappa shape index (κ2) is 14.7. The van der Waals surface area contributed by atoms with E-state index in [-0.39, 0.29) is 0 Å². The van der Waals surface area contributed by atoms with Crippen LogP contribution in [-0.2, 0) is 0 Å². The zero-order valence-corrected chi connectivity index (χ0v) is 10.2. The summed E-state index contributed by atoms with van der Waals surface area (Å²) in [6, 6.07) is 0. The van der Waals surface area contributed by atoms with Gasteiger partial charge in [0.2, 0.25) is 0 Å². The van der Waals surface area contributed by atoms with Gasteiger partial charge in [-0.3, -0.25) is 0 Å². The minimum atomic E-state index is 0.750. The van der Waals surface area contributed by atoms with Gasteiger partial charge in [0.25, 0.3) is 0 Å². The van der Waals surface area contributed by atoms with Crippen LogP contribution < -0.4 is 5.73 Å². The first-order chi connectivity index (χ1) is 6.76. The third kappa shape index (κ3) is 13.8. The molecule has 0 aliphatic heterocycles. The molecule has 0 bridgehead atoms. The summed E-state index contributed by atoms with van der Waals surface area (Å²) in [6.07, 6.45) is 10.8. The molecule has 0 spiro atoms. The molecule has 0 heterocycles. The van der Waals surface area contributed by atoms with Gasteiger partial charge < -0.3 is 10.6 Å². The molecule has 0 saturated heterocycles. The standard InChI is InChI=1S/C10H19N.C2H7N/c1-4-7-9-11(6-3)10-8-5-2;1-2-3/h7-10H,4-6H2,1-3H3;2-3H2,1H3. The molecule has 0 aliphatic rings. The van der Waals surface area contributed by atoms with Crippen molar-refractivity contribution in [2.24, 2.45) is 5.73 Å². The molecular weight excluding hydrogens is 172 g/mol. The average molecular weight is 198 g/mol. The van der Waals surface area contributed by atoms with E-state index in [0.29, 0.717) is 0 Å². The molecule has 0 atom stereocenters. The molecule has 84 valence electrons. The largest absolute Gasteiger partial charge is 0.355 e. The van der Waals surface area contributed by atoms with Crippen molar-refractivity contribution in [1.29, 1.82) is 0 Å². The number of nitrogens with two attached hydrogens (primary N) is 1. The summed E-state index contributed by atoms with van der Waals surface area (Å²) in [6.45, 7) is 10.1. The Bertz CT molecular complexity index is 125. The molecule has 0 rings (SSSR count). The fraction of sp³-hybridized carbons (Fsp3) is 0.667. The molecular formula is C12H26N2. The van der Waals surface area contributed by atoms with Gasteiger partial charge in [0.15, 0.2) is 0 Å². The lowest BCUT2D eigenvalue weighted by atomic mass is 10.4. The van der Waals surface area contributed by atoms with Gasteiger partial charge in [-0.25, -0.2) is 0 Å². The Morgan fingerprint density at radius 3 is 1.50 bits per heavy atom. The van der Waals surface area contributed by atoms with Gasteiger partial charge in [0.1, 0.15) is 0 Å². The van der Waals surface area contributed by atoms with Crippen molar-refractivity contribution in [2.75, 3.05) is 13.1 Å². The van der Waals surface area contributed by atoms with Crippen LogP contribution in [0.5, 0.6) is 0 Å². The van der Waals surface area contributed by atoms with Crippen molar-refractivity contribution in [3.05, 3.63) is 24.6 Å². The zero-order valence-electron chi connectivity index (χ0n) is 10.2. The molecule has 0 aliphatic carbocycles. The Labute approximate surface area is 89.5 Å². The van der Waals surface area contributed by atoms with Gasteiger partial charge in [0.05, 0.1) is 0 Å². The van der Waals surface area contributed by atoms with E-state index < -0.39 is 0 Å². The van der Waals surface area contributed by atoms with Crippen LogP contribution in [0, 0.1) is 0 Å². The van der Waals surface area contributed by atoms with Crippen molar-refractivity contribution >= 4 is 0 Å².